The van der Waals surface area contributed by atoms with Crippen LogP contribution < -0.4 is 5.32 Å². The molecule has 2 aromatic rings. The molecule has 4 heteroatoms. The van der Waals surface area contributed by atoms with E-state index in [0.29, 0.717) is 19.1 Å². The van der Waals surface area contributed by atoms with Gasteiger partial charge in [0, 0.05) is 11.3 Å². The number of hydrogen-bond donors (Lipinski definition) is 1. The number of hydrogen-bond acceptors (Lipinski definition) is 4. The van der Waals surface area contributed by atoms with Gasteiger partial charge in [-0.25, -0.2) is 0 Å². The maximum absolute atomic E-state index is 5.50. The first-order valence-electron chi connectivity index (χ1n) is 7.11. The van der Waals surface area contributed by atoms with Crippen molar-refractivity contribution in [2.75, 3.05) is 11.9 Å². The number of benzene rings is 1. The minimum atomic E-state index is 0.427. The number of rotatable bonds is 4. The lowest BCUT2D eigenvalue weighted by Crippen LogP contribution is -2.13. The minimum Gasteiger partial charge on any atom is -0.379 e. The molecule has 20 heavy (non-hydrogen) atoms. The zero-order valence-corrected chi connectivity index (χ0v) is 12.0. The Hall–Kier alpha value is -1.81. The average molecular weight is 272 g/mol. The van der Waals surface area contributed by atoms with Gasteiger partial charge in [0.2, 0.25) is 0 Å². The van der Waals surface area contributed by atoms with Gasteiger partial charge < -0.3 is 14.6 Å². The highest BCUT2D eigenvalue weighted by Crippen LogP contribution is 2.26. The standard InChI is InChI=1S/C16H20N2O2/c1-11(2)14-10-20-18-16(14)8-17-15-5-3-4-12-9-19-7-6-13(12)15/h3-5,10-11,17H,6-9H2,1-2H3. The molecule has 0 atom stereocenters. The summed E-state index contributed by atoms with van der Waals surface area (Å²) in [4.78, 5) is 0. The van der Waals surface area contributed by atoms with Crippen LogP contribution in [0, 0.1) is 0 Å². The van der Waals surface area contributed by atoms with Gasteiger partial charge in [-0.2, -0.15) is 0 Å². The van der Waals surface area contributed by atoms with E-state index in [9.17, 15) is 0 Å². The number of nitrogens with one attached hydrogen (secondary N) is 1. The summed E-state index contributed by atoms with van der Waals surface area (Å²) in [5.74, 6) is 0.427. The van der Waals surface area contributed by atoms with Gasteiger partial charge in [0.15, 0.2) is 0 Å². The zero-order chi connectivity index (χ0) is 13.9. The summed E-state index contributed by atoms with van der Waals surface area (Å²) < 4.78 is 10.6. The molecule has 2 heterocycles. The maximum Gasteiger partial charge on any atom is 0.127 e. The van der Waals surface area contributed by atoms with Gasteiger partial charge in [-0.15, -0.1) is 0 Å². The largest absolute Gasteiger partial charge is 0.379 e. The molecule has 0 radical (unpaired) electrons. The highest BCUT2D eigenvalue weighted by Gasteiger charge is 2.15. The molecule has 1 aliphatic heterocycles. The fourth-order valence-corrected chi connectivity index (χ4v) is 2.64. The van der Waals surface area contributed by atoms with Crippen molar-refractivity contribution in [1.82, 2.24) is 5.16 Å². The Kier molecular flexibility index (Phi) is 3.74. The molecule has 1 aliphatic rings. The van der Waals surface area contributed by atoms with Crippen molar-refractivity contribution >= 4 is 5.69 Å². The van der Waals surface area contributed by atoms with Crippen LogP contribution in [-0.2, 0) is 24.3 Å². The second kappa shape index (κ2) is 5.67. The summed E-state index contributed by atoms with van der Waals surface area (Å²) in [6.45, 7) is 6.51. The Labute approximate surface area is 119 Å². The van der Waals surface area contributed by atoms with E-state index >= 15 is 0 Å². The van der Waals surface area contributed by atoms with Crippen LogP contribution in [0.1, 0.15) is 42.1 Å². The normalized spacial score (nSPS) is 14.3. The smallest absolute Gasteiger partial charge is 0.127 e. The number of nitrogens with zero attached hydrogens (tertiary/aromatic N) is 1. The van der Waals surface area contributed by atoms with E-state index in [2.05, 4.69) is 42.5 Å². The number of ether oxygens (including phenoxy) is 1. The zero-order valence-electron chi connectivity index (χ0n) is 12.0. The van der Waals surface area contributed by atoms with E-state index in [1.807, 2.05) is 0 Å². The van der Waals surface area contributed by atoms with Crippen molar-refractivity contribution in [1.29, 1.82) is 0 Å². The van der Waals surface area contributed by atoms with E-state index in [-0.39, 0.29) is 0 Å². The highest BCUT2D eigenvalue weighted by molar-refractivity contribution is 5.55. The second-order valence-electron chi connectivity index (χ2n) is 5.47. The van der Waals surface area contributed by atoms with Crippen LogP contribution in [0.2, 0.25) is 0 Å². The molecule has 0 saturated heterocycles. The molecule has 3 rings (SSSR count). The van der Waals surface area contributed by atoms with Crippen molar-refractivity contribution in [3.05, 3.63) is 46.8 Å². The van der Waals surface area contributed by atoms with Crippen LogP contribution in [0.4, 0.5) is 5.69 Å². The average Bonchev–Trinajstić information content (AvgIpc) is 2.93. The molecule has 106 valence electrons. The van der Waals surface area contributed by atoms with Gasteiger partial charge in [0.1, 0.15) is 12.0 Å². The van der Waals surface area contributed by atoms with Crippen LogP contribution in [0.25, 0.3) is 0 Å². The van der Waals surface area contributed by atoms with Crippen molar-refractivity contribution in [3.63, 3.8) is 0 Å². The Balaban J connectivity index is 1.77. The van der Waals surface area contributed by atoms with Gasteiger partial charge in [-0.05, 0) is 29.5 Å². The topological polar surface area (TPSA) is 47.3 Å². The summed E-state index contributed by atoms with van der Waals surface area (Å²) in [5, 5.41) is 7.59. The van der Waals surface area contributed by atoms with Gasteiger partial charge in [0.05, 0.1) is 19.8 Å². The molecule has 1 N–H and O–H groups in total. The van der Waals surface area contributed by atoms with Crippen molar-refractivity contribution in [2.24, 2.45) is 0 Å². The highest BCUT2D eigenvalue weighted by atomic mass is 16.5. The summed E-state index contributed by atoms with van der Waals surface area (Å²) in [6.07, 6.45) is 2.71. The van der Waals surface area contributed by atoms with Crippen LogP contribution >= 0.6 is 0 Å². The van der Waals surface area contributed by atoms with Gasteiger partial charge in [0.25, 0.3) is 0 Å². The molecule has 0 saturated carbocycles. The lowest BCUT2D eigenvalue weighted by Gasteiger charge is -2.20. The first-order valence-corrected chi connectivity index (χ1v) is 7.11. The van der Waals surface area contributed by atoms with Gasteiger partial charge in [-0.1, -0.05) is 31.1 Å². The molecule has 0 amide bonds. The number of fused-ring (bicyclic) bond motifs is 1. The molecule has 1 aromatic heterocycles. The lowest BCUT2D eigenvalue weighted by atomic mass is 10.0. The Bertz CT molecular complexity index is 590. The van der Waals surface area contributed by atoms with E-state index in [0.717, 1.165) is 18.7 Å². The van der Waals surface area contributed by atoms with Gasteiger partial charge >= 0.3 is 0 Å². The quantitative estimate of drug-likeness (QED) is 0.925. The van der Waals surface area contributed by atoms with Crippen LogP contribution in [0.5, 0.6) is 0 Å². The Morgan fingerprint density at radius 2 is 2.25 bits per heavy atom. The predicted molar refractivity (Wildman–Crippen MR) is 77.7 cm³/mol. The maximum atomic E-state index is 5.50. The lowest BCUT2D eigenvalue weighted by molar-refractivity contribution is 0.111. The summed E-state index contributed by atoms with van der Waals surface area (Å²) in [7, 11) is 0. The van der Waals surface area contributed by atoms with Crippen molar-refractivity contribution < 1.29 is 9.26 Å². The fraction of sp³-hybridized carbons (Fsp3) is 0.438. The predicted octanol–water partition coefficient (Wildman–Crippen LogP) is 3.48. The van der Waals surface area contributed by atoms with E-state index in [1.165, 1.54) is 22.4 Å². The number of anilines is 1. The van der Waals surface area contributed by atoms with Gasteiger partial charge in [-0.3, -0.25) is 0 Å². The first kappa shape index (κ1) is 13.2. The van der Waals surface area contributed by atoms with Crippen LogP contribution in [-0.4, -0.2) is 11.8 Å². The molecule has 0 bridgehead atoms. The first-order chi connectivity index (χ1) is 9.75. The van der Waals surface area contributed by atoms with Crippen LogP contribution in [0.3, 0.4) is 0 Å². The van der Waals surface area contributed by atoms with E-state index in [4.69, 9.17) is 9.26 Å². The van der Waals surface area contributed by atoms with Crippen LogP contribution in [0.15, 0.2) is 29.0 Å². The minimum absolute atomic E-state index is 0.427. The Morgan fingerprint density at radius 3 is 3.10 bits per heavy atom. The van der Waals surface area contributed by atoms with E-state index in [1.54, 1.807) is 6.26 Å². The fourth-order valence-electron chi connectivity index (χ4n) is 2.64. The molecule has 0 spiro atoms. The molecule has 0 fully saturated rings. The van der Waals surface area contributed by atoms with Crippen molar-refractivity contribution in [3.8, 4) is 0 Å². The summed E-state index contributed by atoms with van der Waals surface area (Å²) in [5.41, 5.74) is 6.00. The third-order valence-electron chi connectivity index (χ3n) is 3.77. The monoisotopic (exact) mass is 272 g/mol. The number of aromatic nitrogens is 1. The van der Waals surface area contributed by atoms with E-state index < -0.39 is 0 Å². The summed E-state index contributed by atoms with van der Waals surface area (Å²) >= 11 is 0. The summed E-state index contributed by atoms with van der Waals surface area (Å²) in [6, 6.07) is 6.33. The molecular formula is C16H20N2O2. The van der Waals surface area contributed by atoms with Crippen molar-refractivity contribution in [2.45, 2.75) is 39.3 Å². The Morgan fingerprint density at radius 1 is 1.35 bits per heavy atom. The molecule has 1 aromatic carbocycles. The molecule has 0 aliphatic carbocycles. The molecular weight excluding hydrogens is 252 g/mol. The third kappa shape index (κ3) is 2.56. The second-order valence-corrected chi connectivity index (χ2v) is 5.47. The molecule has 4 nitrogen and oxygen atoms in total. The third-order valence-corrected chi connectivity index (χ3v) is 3.77. The SMILES string of the molecule is CC(C)c1conc1CNc1cccc2c1CCOC2. The molecule has 0 unspecified atom stereocenters.